The van der Waals surface area contributed by atoms with E-state index >= 15 is 0 Å². The van der Waals surface area contributed by atoms with Gasteiger partial charge in [-0.25, -0.2) is 18.4 Å². The lowest BCUT2D eigenvalue weighted by Crippen LogP contribution is -2.51. The van der Waals surface area contributed by atoms with Gasteiger partial charge < -0.3 is 14.9 Å². The van der Waals surface area contributed by atoms with Crippen LogP contribution in [0.5, 0.6) is 0 Å². The Bertz CT molecular complexity index is 1190. The summed E-state index contributed by atoms with van der Waals surface area (Å²) >= 11 is 0. The van der Waals surface area contributed by atoms with Gasteiger partial charge in [0.05, 0.1) is 4.90 Å². The van der Waals surface area contributed by atoms with Crippen molar-refractivity contribution in [1.29, 1.82) is 0 Å². The molecule has 3 aromatic rings. The summed E-state index contributed by atoms with van der Waals surface area (Å²) in [6.07, 6.45) is 2.75. The molecule has 2 heterocycles. The van der Waals surface area contributed by atoms with Crippen molar-refractivity contribution >= 4 is 27.4 Å². The SMILES string of the molecule is O=C(C(O)CCc1ccccc1)N1CCN(c2ccc(S(=O)(=O)Nc3ccncn3)cc2)CC1.[HH]. The minimum absolute atomic E-state index is 0. The number of benzene rings is 2. The van der Waals surface area contributed by atoms with Crippen molar-refractivity contribution in [1.82, 2.24) is 14.9 Å². The number of hydrogen-bond acceptors (Lipinski definition) is 7. The number of anilines is 2. The fraction of sp³-hybridized carbons (Fsp3) is 0.292. The van der Waals surface area contributed by atoms with Crippen molar-refractivity contribution in [2.24, 2.45) is 0 Å². The Balaban J connectivity index is 0.00000342. The van der Waals surface area contributed by atoms with Crippen molar-refractivity contribution in [3.63, 3.8) is 0 Å². The zero-order chi connectivity index (χ0) is 24.0. The average Bonchev–Trinajstić information content (AvgIpc) is 2.88. The van der Waals surface area contributed by atoms with Crippen LogP contribution in [0.25, 0.3) is 0 Å². The number of aliphatic hydroxyl groups excluding tert-OH is 1. The summed E-state index contributed by atoms with van der Waals surface area (Å²) in [4.78, 5) is 24.2. The highest BCUT2D eigenvalue weighted by molar-refractivity contribution is 7.92. The monoisotopic (exact) mass is 483 g/mol. The largest absolute Gasteiger partial charge is 0.383 e. The van der Waals surface area contributed by atoms with Crippen LogP contribution in [-0.2, 0) is 21.2 Å². The van der Waals surface area contributed by atoms with Crippen molar-refractivity contribution < 1.29 is 19.7 Å². The molecule has 180 valence electrons. The van der Waals surface area contributed by atoms with Gasteiger partial charge in [-0.05, 0) is 48.7 Å². The molecule has 1 aliphatic rings. The van der Waals surface area contributed by atoms with Crippen LogP contribution >= 0.6 is 0 Å². The molecule has 2 N–H and O–H groups in total. The molecule has 0 spiro atoms. The van der Waals surface area contributed by atoms with Crippen LogP contribution in [0, 0.1) is 0 Å². The number of nitrogens with zero attached hydrogens (tertiary/aromatic N) is 4. The summed E-state index contributed by atoms with van der Waals surface area (Å²) in [5.74, 6) is -0.0429. The zero-order valence-corrected chi connectivity index (χ0v) is 19.4. The van der Waals surface area contributed by atoms with E-state index in [0.29, 0.717) is 39.0 Å². The average molecular weight is 484 g/mol. The molecule has 0 saturated carbocycles. The lowest BCUT2D eigenvalue weighted by molar-refractivity contribution is -0.140. The summed E-state index contributed by atoms with van der Waals surface area (Å²) in [6, 6.07) is 17.9. The topological polar surface area (TPSA) is 116 Å². The number of nitrogens with one attached hydrogen (secondary N) is 1. The predicted molar refractivity (Wildman–Crippen MR) is 131 cm³/mol. The van der Waals surface area contributed by atoms with Gasteiger partial charge in [-0.1, -0.05) is 30.3 Å². The van der Waals surface area contributed by atoms with E-state index < -0.39 is 16.1 Å². The molecule has 0 aliphatic carbocycles. The molecule has 1 unspecified atom stereocenters. The van der Waals surface area contributed by atoms with Gasteiger partial charge in [0.25, 0.3) is 15.9 Å². The third kappa shape index (κ3) is 5.89. The Labute approximate surface area is 200 Å². The van der Waals surface area contributed by atoms with Crippen molar-refractivity contribution in [3.8, 4) is 0 Å². The number of aromatic nitrogens is 2. The number of aliphatic hydroxyl groups is 1. The lowest BCUT2D eigenvalue weighted by atomic mass is 10.1. The smallest absolute Gasteiger partial charge is 0.263 e. The molecule has 1 saturated heterocycles. The van der Waals surface area contributed by atoms with Gasteiger partial charge in [0.2, 0.25) is 0 Å². The molecule has 2 aromatic carbocycles. The zero-order valence-electron chi connectivity index (χ0n) is 18.6. The highest BCUT2D eigenvalue weighted by Crippen LogP contribution is 2.21. The number of carbonyl (C=O) groups excluding carboxylic acids is 1. The van der Waals surface area contributed by atoms with E-state index in [2.05, 4.69) is 19.6 Å². The number of piperazine rings is 1. The fourth-order valence-electron chi connectivity index (χ4n) is 3.85. The van der Waals surface area contributed by atoms with Crippen LogP contribution in [0.2, 0.25) is 0 Å². The van der Waals surface area contributed by atoms with E-state index in [0.717, 1.165) is 11.3 Å². The molecule has 1 atom stereocenters. The highest BCUT2D eigenvalue weighted by atomic mass is 32.2. The second-order valence-electron chi connectivity index (χ2n) is 8.05. The first-order valence-electron chi connectivity index (χ1n) is 11.1. The quantitative estimate of drug-likeness (QED) is 0.504. The first kappa shape index (κ1) is 23.7. The van der Waals surface area contributed by atoms with E-state index in [4.69, 9.17) is 0 Å². The molecule has 4 rings (SSSR count). The number of rotatable bonds is 8. The summed E-state index contributed by atoms with van der Waals surface area (Å²) in [5.41, 5.74) is 1.97. The van der Waals surface area contributed by atoms with Crippen LogP contribution in [0.1, 0.15) is 13.4 Å². The molecule has 1 aliphatic heterocycles. The number of carbonyl (C=O) groups is 1. The second-order valence-corrected chi connectivity index (χ2v) is 9.73. The van der Waals surface area contributed by atoms with Crippen molar-refractivity contribution in [3.05, 3.63) is 78.8 Å². The molecule has 34 heavy (non-hydrogen) atoms. The van der Waals surface area contributed by atoms with Gasteiger partial charge in [-0.3, -0.25) is 9.52 Å². The third-order valence-electron chi connectivity index (χ3n) is 5.76. The van der Waals surface area contributed by atoms with E-state index in [1.54, 1.807) is 29.2 Å². The van der Waals surface area contributed by atoms with Crippen molar-refractivity contribution in [2.75, 3.05) is 35.8 Å². The van der Waals surface area contributed by atoms with E-state index in [9.17, 15) is 18.3 Å². The molecular formula is C24H29N5O4S. The Morgan fingerprint density at radius 2 is 1.74 bits per heavy atom. The summed E-state index contributed by atoms with van der Waals surface area (Å²) in [7, 11) is -3.76. The number of sulfonamides is 1. The Morgan fingerprint density at radius 1 is 1.03 bits per heavy atom. The predicted octanol–water partition coefficient (Wildman–Crippen LogP) is 2.17. The lowest BCUT2D eigenvalue weighted by Gasteiger charge is -2.37. The molecule has 9 nitrogen and oxygen atoms in total. The molecule has 1 aromatic heterocycles. The summed E-state index contributed by atoms with van der Waals surface area (Å²) in [5, 5.41) is 10.4. The van der Waals surface area contributed by atoms with Crippen LogP contribution in [0.15, 0.2) is 78.1 Å². The summed E-state index contributed by atoms with van der Waals surface area (Å²) < 4.78 is 27.5. The van der Waals surface area contributed by atoms with Gasteiger partial charge in [0.1, 0.15) is 18.2 Å². The third-order valence-corrected chi connectivity index (χ3v) is 7.13. The van der Waals surface area contributed by atoms with Gasteiger partial charge in [-0.2, -0.15) is 0 Å². The maximum Gasteiger partial charge on any atom is 0.263 e. The van der Waals surface area contributed by atoms with Gasteiger partial charge in [-0.15, -0.1) is 0 Å². The van der Waals surface area contributed by atoms with Crippen LogP contribution in [0.3, 0.4) is 0 Å². The number of aryl methyl sites for hydroxylation is 1. The van der Waals surface area contributed by atoms with Crippen LogP contribution < -0.4 is 9.62 Å². The molecular weight excluding hydrogens is 454 g/mol. The molecule has 0 radical (unpaired) electrons. The minimum Gasteiger partial charge on any atom is -0.383 e. The maximum atomic E-state index is 12.6. The normalized spacial score (nSPS) is 15.1. The van der Waals surface area contributed by atoms with Crippen LogP contribution in [-0.4, -0.2) is 66.6 Å². The van der Waals surface area contributed by atoms with E-state index in [1.807, 2.05) is 30.3 Å². The van der Waals surface area contributed by atoms with Crippen LogP contribution in [0.4, 0.5) is 11.5 Å². The number of amides is 1. The molecule has 1 fully saturated rings. The Kier molecular flexibility index (Phi) is 7.39. The van der Waals surface area contributed by atoms with Gasteiger partial charge in [0.15, 0.2) is 0 Å². The molecule has 1 amide bonds. The highest BCUT2D eigenvalue weighted by Gasteiger charge is 2.26. The Hall–Kier alpha value is -3.50. The number of hydrogen-bond donors (Lipinski definition) is 2. The summed E-state index contributed by atoms with van der Waals surface area (Å²) in [6.45, 7) is 2.19. The molecule has 0 bridgehead atoms. The maximum absolute atomic E-state index is 12.6. The first-order valence-corrected chi connectivity index (χ1v) is 12.6. The second kappa shape index (κ2) is 10.6. The standard InChI is InChI=1S/C24H27N5O4S.H2/c30-22(11-6-19-4-2-1-3-5-19)24(31)29-16-14-28(15-17-29)20-7-9-21(10-8-20)34(32,33)27-23-12-13-25-18-26-23;/h1-5,7-10,12-13,18,22,30H,6,11,14-17H2,(H,25,26,27);1H. The van der Waals surface area contributed by atoms with Gasteiger partial charge in [0, 0.05) is 39.5 Å². The minimum atomic E-state index is -3.76. The van der Waals surface area contributed by atoms with E-state index in [1.165, 1.54) is 18.6 Å². The van der Waals surface area contributed by atoms with Crippen molar-refractivity contribution in [2.45, 2.75) is 23.8 Å². The van der Waals surface area contributed by atoms with E-state index in [-0.39, 0.29) is 18.0 Å². The Morgan fingerprint density at radius 3 is 2.38 bits per heavy atom. The fourth-order valence-corrected chi connectivity index (χ4v) is 4.86. The van der Waals surface area contributed by atoms with Gasteiger partial charge >= 0.3 is 0 Å². The molecule has 10 heteroatoms. The first-order chi connectivity index (χ1) is 16.4.